The van der Waals surface area contributed by atoms with E-state index in [1.54, 1.807) is 26.0 Å². The lowest BCUT2D eigenvalue weighted by Crippen LogP contribution is -2.37. The quantitative estimate of drug-likeness (QED) is 0.841. The zero-order chi connectivity index (χ0) is 16.2. The molecule has 1 amide bonds. The van der Waals surface area contributed by atoms with Gasteiger partial charge < -0.3 is 10.4 Å². The van der Waals surface area contributed by atoms with E-state index in [0.717, 1.165) is 0 Å². The van der Waals surface area contributed by atoms with Crippen LogP contribution in [-0.4, -0.2) is 33.0 Å². The van der Waals surface area contributed by atoms with Crippen LogP contribution in [0, 0.1) is 12.8 Å². The molecule has 0 saturated carbocycles. The highest BCUT2D eigenvalue weighted by atomic mass is 32.2. The summed E-state index contributed by atoms with van der Waals surface area (Å²) in [5.74, 6) is -1.05. The van der Waals surface area contributed by atoms with Crippen LogP contribution in [0.1, 0.15) is 36.7 Å². The van der Waals surface area contributed by atoms with Gasteiger partial charge in [-0.3, -0.25) is 9.00 Å². The first-order valence-electron chi connectivity index (χ1n) is 6.76. The number of carbonyl (C=O) groups is 2. The van der Waals surface area contributed by atoms with E-state index in [0.29, 0.717) is 22.9 Å². The fourth-order valence-corrected chi connectivity index (χ4v) is 2.83. The molecule has 2 N–H and O–H groups in total. The van der Waals surface area contributed by atoms with Gasteiger partial charge in [0.1, 0.15) is 5.25 Å². The lowest BCUT2D eigenvalue weighted by Gasteiger charge is -2.14. The molecule has 0 fully saturated rings. The number of aromatic carboxylic acids is 1. The van der Waals surface area contributed by atoms with E-state index in [1.807, 2.05) is 13.8 Å². The lowest BCUT2D eigenvalue weighted by atomic mass is 10.1. The molecule has 1 rings (SSSR count). The van der Waals surface area contributed by atoms with Crippen LogP contribution in [0.5, 0.6) is 0 Å². The van der Waals surface area contributed by atoms with Crippen molar-refractivity contribution in [1.29, 1.82) is 0 Å². The number of benzene rings is 1. The second-order valence-corrected chi connectivity index (χ2v) is 7.13. The Kier molecular flexibility index (Phi) is 6.08. The van der Waals surface area contributed by atoms with Gasteiger partial charge in [-0.2, -0.15) is 0 Å². The number of carboxylic acid groups (broad SMARTS) is 1. The van der Waals surface area contributed by atoms with Crippen LogP contribution in [0.15, 0.2) is 23.1 Å². The van der Waals surface area contributed by atoms with Crippen molar-refractivity contribution in [3.8, 4) is 0 Å². The van der Waals surface area contributed by atoms with Gasteiger partial charge in [0.15, 0.2) is 0 Å². The topological polar surface area (TPSA) is 83.5 Å². The SMILES string of the molecule is Cc1ccc(S(=O)C(C)C(=O)NCC(C)C)cc1C(=O)O. The first-order chi connectivity index (χ1) is 9.73. The van der Waals surface area contributed by atoms with E-state index in [4.69, 9.17) is 5.11 Å². The van der Waals surface area contributed by atoms with Crippen molar-refractivity contribution < 1.29 is 18.9 Å². The standard InChI is InChI=1S/C15H21NO4S/c1-9(2)8-16-14(17)11(4)21(20)12-6-5-10(3)13(7-12)15(18)19/h5-7,9,11H,8H2,1-4H3,(H,16,17)(H,18,19). The van der Waals surface area contributed by atoms with Gasteiger partial charge in [-0.05, 0) is 37.5 Å². The van der Waals surface area contributed by atoms with Gasteiger partial charge in [0.2, 0.25) is 5.91 Å². The molecular formula is C15H21NO4S. The summed E-state index contributed by atoms with van der Waals surface area (Å²) in [5, 5.41) is 11.1. The summed E-state index contributed by atoms with van der Waals surface area (Å²) in [5.41, 5.74) is 0.704. The Morgan fingerprint density at radius 2 is 1.90 bits per heavy atom. The summed E-state index contributed by atoms with van der Waals surface area (Å²) in [6.45, 7) is 7.72. The van der Waals surface area contributed by atoms with Gasteiger partial charge in [0, 0.05) is 11.4 Å². The minimum Gasteiger partial charge on any atom is -0.478 e. The molecule has 1 aromatic carbocycles. The van der Waals surface area contributed by atoms with Crippen molar-refractivity contribution in [3.63, 3.8) is 0 Å². The van der Waals surface area contributed by atoms with E-state index >= 15 is 0 Å². The van der Waals surface area contributed by atoms with Crippen molar-refractivity contribution in [3.05, 3.63) is 29.3 Å². The maximum atomic E-state index is 12.4. The predicted molar refractivity (Wildman–Crippen MR) is 81.9 cm³/mol. The largest absolute Gasteiger partial charge is 0.478 e. The molecule has 2 atom stereocenters. The van der Waals surface area contributed by atoms with Crippen molar-refractivity contribution >= 4 is 22.7 Å². The highest BCUT2D eigenvalue weighted by Crippen LogP contribution is 2.17. The Bertz CT molecular complexity index is 569. The van der Waals surface area contributed by atoms with Crippen molar-refractivity contribution in [2.45, 2.75) is 37.8 Å². The molecule has 0 heterocycles. The molecule has 0 aliphatic heterocycles. The highest BCUT2D eigenvalue weighted by molar-refractivity contribution is 7.86. The third-order valence-corrected chi connectivity index (χ3v) is 4.62. The average molecular weight is 311 g/mol. The van der Waals surface area contributed by atoms with Crippen LogP contribution in [0.2, 0.25) is 0 Å². The third-order valence-electron chi connectivity index (χ3n) is 3.05. The normalized spacial score (nSPS) is 13.8. The van der Waals surface area contributed by atoms with Gasteiger partial charge in [-0.25, -0.2) is 4.79 Å². The van der Waals surface area contributed by atoms with Crippen molar-refractivity contribution in [1.82, 2.24) is 5.32 Å². The van der Waals surface area contributed by atoms with E-state index in [-0.39, 0.29) is 11.5 Å². The van der Waals surface area contributed by atoms with Gasteiger partial charge in [0.05, 0.1) is 16.4 Å². The van der Waals surface area contributed by atoms with Crippen LogP contribution in [0.3, 0.4) is 0 Å². The van der Waals surface area contributed by atoms with Crippen molar-refractivity contribution in [2.24, 2.45) is 5.92 Å². The number of carboxylic acids is 1. The highest BCUT2D eigenvalue weighted by Gasteiger charge is 2.22. The minimum atomic E-state index is -1.58. The summed E-state index contributed by atoms with van der Waals surface area (Å²) < 4.78 is 12.4. The van der Waals surface area contributed by atoms with Crippen LogP contribution in [0.25, 0.3) is 0 Å². The summed E-state index contributed by atoms with van der Waals surface area (Å²) >= 11 is 0. The minimum absolute atomic E-state index is 0.107. The summed E-state index contributed by atoms with van der Waals surface area (Å²) in [7, 11) is -1.58. The Morgan fingerprint density at radius 1 is 1.29 bits per heavy atom. The van der Waals surface area contributed by atoms with Crippen LogP contribution in [-0.2, 0) is 15.6 Å². The zero-order valence-electron chi connectivity index (χ0n) is 12.7. The van der Waals surface area contributed by atoms with E-state index in [2.05, 4.69) is 5.32 Å². The Morgan fingerprint density at radius 3 is 2.43 bits per heavy atom. The second kappa shape index (κ2) is 7.36. The third kappa shape index (κ3) is 4.67. The molecule has 5 nitrogen and oxygen atoms in total. The fourth-order valence-electron chi connectivity index (χ4n) is 1.71. The fraction of sp³-hybridized carbons (Fsp3) is 0.467. The van der Waals surface area contributed by atoms with Crippen molar-refractivity contribution in [2.75, 3.05) is 6.54 Å². The Balaban J connectivity index is 2.90. The van der Waals surface area contributed by atoms with E-state index in [9.17, 15) is 13.8 Å². The second-order valence-electron chi connectivity index (χ2n) is 5.36. The average Bonchev–Trinajstić information content (AvgIpc) is 2.43. The predicted octanol–water partition coefficient (Wildman–Crippen LogP) is 1.96. The van der Waals surface area contributed by atoms with Gasteiger partial charge in [-0.15, -0.1) is 0 Å². The van der Waals surface area contributed by atoms with Gasteiger partial charge in [0.25, 0.3) is 0 Å². The van der Waals surface area contributed by atoms with Gasteiger partial charge in [-0.1, -0.05) is 19.9 Å². The number of hydrogen-bond acceptors (Lipinski definition) is 3. The first-order valence-corrected chi connectivity index (χ1v) is 7.97. The molecule has 2 unspecified atom stereocenters. The lowest BCUT2D eigenvalue weighted by molar-refractivity contribution is -0.120. The molecule has 116 valence electrons. The number of amides is 1. The summed E-state index contributed by atoms with van der Waals surface area (Å²) in [4.78, 5) is 23.4. The number of hydrogen-bond donors (Lipinski definition) is 2. The zero-order valence-corrected chi connectivity index (χ0v) is 13.5. The maximum Gasteiger partial charge on any atom is 0.335 e. The molecule has 0 radical (unpaired) electrons. The molecule has 0 spiro atoms. The summed E-state index contributed by atoms with van der Waals surface area (Å²) in [6, 6.07) is 4.58. The molecule has 6 heteroatoms. The van der Waals surface area contributed by atoms with Gasteiger partial charge >= 0.3 is 5.97 Å². The molecule has 0 aromatic heterocycles. The number of carbonyl (C=O) groups excluding carboxylic acids is 1. The van der Waals surface area contributed by atoms with E-state index in [1.165, 1.54) is 6.07 Å². The van der Waals surface area contributed by atoms with Crippen LogP contribution in [0.4, 0.5) is 0 Å². The maximum absolute atomic E-state index is 12.4. The monoisotopic (exact) mass is 311 g/mol. The number of rotatable bonds is 6. The molecule has 0 aliphatic rings. The first kappa shape index (κ1) is 17.4. The molecule has 0 bridgehead atoms. The number of aryl methyl sites for hydroxylation is 1. The van der Waals surface area contributed by atoms with Crippen LogP contribution < -0.4 is 5.32 Å². The molecule has 0 saturated heterocycles. The molecule has 1 aromatic rings. The van der Waals surface area contributed by atoms with Crippen LogP contribution >= 0.6 is 0 Å². The van der Waals surface area contributed by atoms with E-state index < -0.39 is 22.0 Å². The Hall–Kier alpha value is -1.69. The molecular weight excluding hydrogens is 290 g/mol. The molecule has 0 aliphatic carbocycles. The number of nitrogens with one attached hydrogen (secondary N) is 1. The molecule has 21 heavy (non-hydrogen) atoms. The smallest absolute Gasteiger partial charge is 0.335 e. The summed E-state index contributed by atoms with van der Waals surface area (Å²) in [6.07, 6.45) is 0. The Labute approximate surface area is 127 Å².